The zero-order valence-corrected chi connectivity index (χ0v) is 9.74. The zero-order chi connectivity index (χ0) is 12.2. The molecule has 0 atom stereocenters. The SMILES string of the molecule is CCC.CO.COC.O=CCNC=O. The molecule has 2 N–H and O–H groups in total. The molecule has 0 aliphatic carbocycles. The van der Waals surface area contributed by atoms with Gasteiger partial charge >= 0.3 is 0 Å². The zero-order valence-electron chi connectivity index (χ0n) is 9.74. The summed E-state index contributed by atoms with van der Waals surface area (Å²) in [5.41, 5.74) is 0. The van der Waals surface area contributed by atoms with Gasteiger partial charge in [-0.25, -0.2) is 0 Å². The van der Waals surface area contributed by atoms with Gasteiger partial charge in [0.1, 0.15) is 6.29 Å². The van der Waals surface area contributed by atoms with E-state index in [0.717, 1.165) is 7.11 Å². The molecule has 0 aromatic heterocycles. The molecule has 0 unspecified atom stereocenters. The van der Waals surface area contributed by atoms with Crippen LogP contribution in [-0.2, 0) is 14.3 Å². The molecule has 5 heteroatoms. The standard InChI is InChI=1S/C3H5NO2.C3H8.C2H6O.CH4O/c5-2-1-4-3-6;2*1-3-2;1-2/h2-3H,1H2,(H,4,6);3H2,1-2H3;1-2H3;2H,1H3. The summed E-state index contributed by atoms with van der Waals surface area (Å²) in [6.45, 7) is 4.36. The first kappa shape index (κ1) is 23.1. The Labute approximate surface area is 86.5 Å². The highest BCUT2D eigenvalue weighted by atomic mass is 16.4. The monoisotopic (exact) mass is 209 g/mol. The van der Waals surface area contributed by atoms with Gasteiger partial charge in [0.25, 0.3) is 0 Å². The molecule has 0 aliphatic heterocycles. The third-order valence-electron chi connectivity index (χ3n) is 0.285. The van der Waals surface area contributed by atoms with E-state index in [4.69, 9.17) is 5.11 Å². The van der Waals surface area contributed by atoms with Gasteiger partial charge in [0.15, 0.2) is 0 Å². The minimum absolute atomic E-state index is 0.115. The van der Waals surface area contributed by atoms with E-state index in [9.17, 15) is 9.59 Å². The van der Waals surface area contributed by atoms with Crippen LogP contribution in [0.4, 0.5) is 0 Å². The maximum absolute atomic E-state index is 9.34. The largest absolute Gasteiger partial charge is 0.400 e. The molecule has 0 bridgehead atoms. The van der Waals surface area contributed by atoms with E-state index in [1.165, 1.54) is 6.42 Å². The number of amides is 1. The first-order valence-electron chi connectivity index (χ1n) is 4.20. The van der Waals surface area contributed by atoms with E-state index >= 15 is 0 Å². The smallest absolute Gasteiger partial charge is 0.207 e. The van der Waals surface area contributed by atoms with Crippen molar-refractivity contribution < 1.29 is 19.4 Å². The Morgan fingerprint density at radius 1 is 1.21 bits per heavy atom. The maximum Gasteiger partial charge on any atom is 0.207 e. The van der Waals surface area contributed by atoms with Crippen LogP contribution in [0.15, 0.2) is 0 Å². The van der Waals surface area contributed by atoms with Crippen molar-refractivity contribution in [1.29, 1.82) is 0 Å². The highest BCUT2D eigenvalue weighted by molar-refractivity contribution is 5.58. The third kappa shape index (κ3) is 264. The van der Waals surface area contributed by atoms with Crippen molar-refractivity contribution in [3.63, 3.8) is 0 Å². The van der Waals surface area contributed by atoms with Crippen LogP contribution < -0.4 is 5.32 Å². The number of rotatable bonds is 3. The molecule has 0 saturated carbocycles. The second-order valence-electron chi connectivity index (χ2n) is 1.81. The van der Waals surface area contributed by atoms with Crippen LogP contribution in [0.25, 0.3) is 0 Å². The van der Waals surface area contributed by atoms with E-state index in [1.54, 1.807) is 14.2 Å². The Hall–Kier alpha value is -0.940. The number of hydrogen-bond donors (Lipinski definition) is 2. The number of hydrogen-bond acceptors (Lipinski definition) is 4. The summed E-state index contributed by atoms with van der Waals surface area (Å²) in [4.78, 5) is 18.6. The third-order valence-corrected chi connectivity index (χ3v) is 0.285. The minimum atomic E-state index is 0.115. The van der Waals surface area contributed by atoms with Crippen LogP contribution in [0.3, 0.4) is 0 Å². The van der Waals surface area contributed by atoms with Crippen molar-refractivity contribution in [2.45, 2.75) is 20.3 Å². The van der Waals surface area contributed by atoms with Gasteiger partial charge in [0.05, 0.1) is 6.54 Å². The van der Waals surface area contributed by atoms with E-state index in [2.05, 4.69) is 23.9 Å². The Balaban J connectivity index is -0.0000000536. The van der Waals surface area contributed by atoms with E-state index in [1.807, 2.05) is 0 Å². The summed E-state index contributed by atoms with van der Waals surface area (Å²) in [5, 5.41) is 9.15. The lowest BCUT2D eigenvalue weighted by Gasteiger charge is -1.78. The Morgan fingerprint density at radius 3 is 1.57 bits per heavy atom. The van der Waals surface area contributed by atoms with Gasteiger partial charge in [0.2, 0.25) is 6.41 Å². The Kier molecular flexibility index (Phi) is 95.2. The van der Waals surface area contributed by atoms with Crippen molar-refractivity contribution in [3.05, 3.63) is 0 Å². The van der Waals surface area contributed by atoms with Crippen LogP contribution in [-0.4, -0.2) is 45.7 Å². The van der Waals surface area contributed by atoms with Crippen molar-refractivity contribution in [2.24, 2.45) is 0 Å². The lowest BCUT2D eigenvalue weighted by atomic mass is 10.6. The molecule has 1 amide bonds. The molecule has 0 spiro atoms. The lowest BCUT2D eigenvalue weighted by Crippen LogP contribution is -2.12. The van der Waals surface area contributed by atoms with Crippen molar-refractivity contribution in [1.82, 2.24) is 5.32 Å². The highest BCUT2D eigenvalue weighted by Gasteiger charge is 1.68. The number of aliphatic hydroxyl groups is 1. The summed E-state index contributed by atoms with van der Waals surface area (Å²) in [7, 11) is 4.25. The summed E-state index contributed by atoms with van der Waals surface area (Å²) < 4.78 is 4.25. The number of aldehydes is 1. The number of carbonyl (C=O) groups is 2. The molecule has 0 aliphatic rings. The molecule has 0 saturated heterocycles. The van der Waals surface area contributed by atoms with Gasteiger partial charge in [-0.1, -0.05) is 20.3 Å². The second-order valence-corrected chi connectivity index (χ2v) is 1.81. The van der Waals surface area contributed by atoms with E-state index in [-0.39, 0.29) is 6.54 Å². The molecule has 88 valence electrons. The second kappa shape index (κ2) is 57.6. The molecule has 5 nitrogen and oxygen atoms in total. The van der Waals surface area contributed by atoms with Crippen LogP contribution in [0.5, 0.6) is 0 Å². The van der Waals surface area contributed by atoms with Gasteiger partial charge in [0, 0.05) is 21.3 Å². The van der Waals surface area contributed by atoms with Crippen molar-refractivity contribution >= 4 is 12.7 Å². The van der Waals surface area contributed by atoms with Crippen molar-refractivity contribution in [3.8, 4) is 0 Å². The van der Waals surface area contributed by atoms with Crippen LogP contribution in [0.2, 0.25) is 0 Å². The molecule has 0 aromatic rings. The fourth-order valence-corrected chi connectivity index (χ4v) is 0.0962. The van der Waals surface area contributed by atoms with Gasteiger partial charge in [-0.2, -0.15) is 0 Å². The first-order valence-corrected chi connectivity index (χ1v) is 4.20. The van der Waals surface area contributed by atoms with Crippen LogP contribution in [0, 0.1) is 0 Å². The summed E-state index contributed by atoms with van der Waals surface area (Å²) in [5.74, 6) is 0. The predicted molar refractivity (Wildman–Crippen MR) is 57.2 cm³/mol. The quantitative estimate of drug-likeness (QED) is 0.515. The lowest BCUT2D eigenvalue weighted by molar-refractivity contribution is -0.113. The van der Waals surface area contributed by atoms with Crippen molar-refractivity contribution in [2.75, 3.05) is 27.9 Å². The highest BCUT2D eigenvalue weighted by Crippen LogP contribution is 1.56. The summed E-state index contributed by atoms with van der Waals surface area (Å²) in [6.07, 6.45) is 2.35. The fraction of sp³-hybridized carbons (Fsp3) is 0.778. The number of ether oxygens (including phenoxy) is 1. The van der Waals surface area contributed by atoms with Crippen LogP contribution >= 0.6 is 0 Å². The fourth-order valence-electron chi connectivity index (χ4n) is 0.0962. The normalized spacial score (nSPS) is 5.86. The molecule has 0 aromatic carbocycles. The topological polar surface area (TPSA) is 75.6 Å². The van der Waals surface area contributed by atoms with E-state index in [0.29, 0.717) is 12.7 Å². The van der Waals surface area contributed by atoms with Gasteiger partial charge in [-0.05, 0) is 0 Å². The van der Waals surface area contributed by atoms with E-state index < -0.39 is 0 Å². The Morgan fingerprint density at radius 2 is 1.50 bits per heavy atom. The average Bonchev–Trinajstić information content (AvgIpc) is 2.20. The average molecular weight is 209 g/mol. The first-order chi connectivity index (χ1) is 6.74. The number of carbonyl (C=O) groups excluding carboxylic acids is 2. The number of nitrogens with one attached hydrogen (secondary N) is 1. The molecular weight excluding hydrogens is 186 g/mol. The molecule has 0 radical (unpaired) electrons. The Bertz CT molecular complexity index is 69.2. The van der Waals surface area contributed by atoms with Gasteiger partial charge in [-0.15, -0.1) is 0 Å². The minimum Gasteiger partial charge on any atom is -0.400 e. The van der Waals surface area contributed by atoms with Gasteiger partial charge < -0.3 is 20.0 Å². The number of methoxy groups -OCH3 is 1. The van der Waals surface area contributed by atoms with Gasteiger partial charge in [-0.3, -0.25) is 4.79 Å². The maximum atomic E-state index is 9.34. The summed E-state index contributed by atoms with van der Waals surface area (Å²) >= 11 is 0. The molecule has 0 rings (SSSR count). The molecule has 14 heavy (non-hydrogen) atoms. The molecule has 0 fully saturated rings. The molecule has 0 heterocycles. The summed E-state index contributed by atoms with van der Waals surface area (Å²) in [6, 6.07) is 0. The predicted octanol–water partition coefficient (Wildman–Crippen LogP) is 0.219. The molecular formula is C9H23NO4. The van der Waals surface area contributed by atoms with Crippen LogP contribution in [0.1, 0.15) is 20.3 Å². The number of aliphatic hydroxyl groups excluding tert-OH is 1.